The van der Waals surface area contributed by atoms with Gasteiger partial charge in [0.25, 0.3) is 0 Å². The summed E-state index contributed by atoms with van der Waals surface area (Å²) >= 11 is 1.57. The topological polar surface area (TPSA) is 60.0 Å². The van der Waals surface area contributed by atoms with Crippen molar-refractivity contribution in [2.75, 3.05) is 25.6 Å². The van der Waals surface area contributed by atoms with Crippen molar-refractivity contribution >= 4 is 28.8 Å². The van der Waals surface area contributed by atoms with Crippen LogP contribution in [0.4, 0.5) is 14.9 Å². The summed E-state index contributed by atoms with van der Waals surface area (Å²) in [6.07, 6.45) is 0.240. The van der Waals surface area contributed by atoms with Crippen LogP contribution in [0.15, 0.2) is 35.3 Å². The second-order valence-electron chi connectivity index (χ2n) is 6.64. The fourth-order valence-electron chi connectivity index (χ4n) is 3.36. The van der Waals surface area contributed by atoms with Gasteiger partial charge in [0.05, 0.1) is 38.3 Å². The van der Waals surface area contributed by atoms with E-state index < -0.39 is 6.09 Å². The molecule has 1 N–H and O–H groups in total. The molecule has 0 spiro atoms. The number of methoxy groups -OCH3 is 1. The Morgan fingerprint density at radius 3 is 3.00 bits per heavy atom. The summed E-state index contributed by atoms with van der Waals surface area (Å²) in [5.74, 6) is 0.0454. The molecule has 1 atom stereocenters. The van der Waals surface area contributed by atoms with Crippen molar-refractivity contribution in [2.24, 2.45) is 0 Å². The van der Waals surface area contributed by atoms with Crippen molar-refractivity contribution in [1.29, 1.82) is 0 Å². The second kappa shape index (κ2) is 7.81. The standard InChI is InChI=1S/C20H21FN2O4S/c1-12-19(15-6-8-28-18(15)10-23(12)20(24)25-2)22-16-4-3-13(21)9-17(16)27-14-5-7-26-11-14/h3-4,6,8-9,14,22H,5,7,10-11H2,1-2H3/t14-/m1/s1. The van der Waals surface area contributed by atoms with Crippen LogP contribution in [0.5, 0.6) is 5.75 Å². The first-order chi connectivity index (χ1) is 13.6. The number of carbonyl (C=O) groups excluding carboxylic acids is 1. The molecule has 1 aromatic heterocycles. The molecule has 2 aliphatic heterocycles. The Labute approximate surface area is 166 Å². The Hall–Kier alpha value is -2.58. The van der Waals surface area contributed by atoms with Crippen molar-refractivity contribution in [3.63, 3.8) is 0 Å². The lowest BCUT2D eigenvalue weighted by atomic mass is 10.1. The zero-order valence-corrected chi connectivity index (χ0v) is 16.5. The molecule has 6 nitrogen and oxygen atoms in total. The van der Waals surface area contributed by atoms with Crippen molar-refractivity contribution in [2.45, 2.75) is 26.0 Å². The van der Waals surface area contributed by atoms with Crippen LogP contribution in [0.3, 0.4) is 0 Å². The van der Waals surface area contributed by atoms with Gasteiger partial charge in [-0.1, -0.05) is 0 Å². The van der Waals surface area contributed by atoms with Crippen molar-refractivity contribution in [3.05, 3.63) is 51.6 Å². The molecule has 0 radical (unpaired) electrons. The van der Waals surface area contributed by atoms with Gasteiger partial charge >= 0.3 is 6.09 Å². The van der Waals surface area contributed by atoms with Crippen molar-refractivity contribution in [1.82, 2.24) is 4.90 Å². The molecular weight excluding hydrogens is 383 g/mol. The van der Waals surface area contributed by atoms with Crippen LogP contribution in [0.1, 0.15) is 23.8 Å². The number of benzene rings is 1. The van der Waals surface area contributed by atoms with Crippen LogP contribution < -0.4 is 10.1 Å². The van der Waals surface area contributed by atoms with Gasteiger partial charge in [-0.3, -0.25) is 4.90 Å². The molecular formula is C20H21FN2O4S. The Kier molecular flexibility index (Phi) is 5.23. The number of anilines is 1. The number of ether oxygens (including phenoxy) is 3. The van der Waals surface area contributed by atoms with Crippen LogP contribution in [-0.2, 0) is 16.0 Å². The quantitative estimate of drug-likeness (QED) is 0.817. The molecule has 1 aromatic carbocycles. The minimum atomic E-state index is -0.422. The normalized spacial score (nSPS) is 18.8. The third kappa shape index (κ3) is 3.57. The average molecular weight is 404 g/mol. The lowest BCUT2D eigenvalue weighted by Gasteiger charge is -2.30. The number of carbonyl (C=O) groups is 1. The minimum Gasteiger partial charge on any atom is -0.486 e. The molecule has 4 rings (SSSR count). The fraction of sp³-hybridized carbons (Fsp3) is 0.350. The van der Waals surface area contributed by atoms with Gasteiger partial charge in [0.1, 0.15) is 17.7 Å². The molecule has 8 heteroatoms. The maximum Gasteiger partial charge on any atom is 0.414 e. The molecule has 1 amide bonds. The Morgan fingerprint density at radius 2 is 2.25 bits per heavy atom. The molecule has 2 aromatic rings. The third-order valence-corrected chi connectivity index (χ3v) is 5.77. The zero-order valence-electron chi connectivity index (χ0n) is 15.7. The summed E-state index contributed by atoms with van der Waals surface area (Å²) in [7, 11) is 1.36. The van der Waals surface area contributed by atoms with E-state index in [4.69, 9.17) is 14.2 Å². The molecule has 148 valence electrons. The number of nitrogens with zero attached hydrogens (tertiary/aromatic N) is 1. The summed E-state index contributed by atoms with van der Waals surface area (Å²) < 4.78 is 30.1. The predicted molar refractivity (Wildman–Crippen MR) is 105 cm³/mol. The molecule has 0 saturated carbocycles. The van der Waals surface area contributed by atoms with Crippen molar-refractivity contribution < 1.29 is 23.4 Å². The van der Waals surface area contributed by atoms with Gasteiger partial charge in [-0.25, -0.2) is 9.18 Å². The van der Waals surface area contributed by atoms with Gasteiger partial charge in [-0.2, -0.15) is 0 Å². The Bertz CT molecular complexity index is 921. The molecule has 0 bridgehead atoms. The summed E-state index contributed by atoms with van der Waals surface area (Å²) in [5.41, 5.74) is 3.15. The highest BCUT2D eigenvalue weighted by atomic mass is 32.1. The lowest BCUT2D eigenvalue weighted by Crippen LogP contribution is -2.33. The van der Waals surface area contributed by atoms with Gasteiger partial charge in [-0.05, 0) is 30.5 Å². The van der Waals surface area contributed by atoms with E-state index in [1.54, 1.807) is 22.3 Å². The molecule has 28 heavy (non-hydrogen) atoms. The van der Waals surface area contributed by atoms with E-state index in [2.05, 4.69) is 5.32 Å². The molecule has 3 heterocycles. The van der Waals surface area contributed by atoms with Crippen LogP contribution in [-0.4, -0.2) is 37.4 Å². The van der Waals surface area contributed by atoms with Crippen LogP contribution in [0.25, 0.3) is 5.70 Å². The highest BCUT2D eigenvalue weighted by molar-refractivity contribution is 7.10. The van der Waals surface area contributed by atoms with Gasteiger partial charge in [-0.15, -0.1) is 11.3 Å². The number of rotatable bonds is 4. The van der Waals surface area contributed by atoms with E-state index in [-0.39, 0.29) is 11.9 Å². The maximum absolute atomic E-state index is 13.9. The SMILES string of the molecule is COC(=O)N1Cc2sccc2C(Nc2ccc(F)cc2O[C@@H]2CCOC2)=C1C. The van der Waals surface area contributed by atoms with Gasteiger partial charge in [0.15, 0.2) is 0 Å². The number of thiophene rings is 1. The fourth-order valence-corrected chi connectivity index (χ4v) is 4.23. The summed E-state index contributed by atoms with van der Waals surface area (Å²) in [6.45, 7) is 3.44. The van der Waals surface area contributed by atoms with Gasteiger partial charge in [0.2, 0.25) is 0 Å². The predicted octanol–water partition coefficient (Wildman–Crippen LogP) is 4.44. The van der Waals surface area contributed by atoms with Gasteiger partial charge < -0.3 is 19.5 Å². The van der Waals surface area contributed by atoms with E-state index in [0.717, 1.165) is 28.3 Å². The molecule has 0 unspecified atom stereocenters. The number of amides is 1. The first kappa shape index (κ1) is 18.8. The minimum absolute atomic E-state index is 0.105. The second-order valence-corrected chi connectivity index (χ2v) is 7.64. The van der Waals surface area contributed by atoms with E-state index >= 15 is 0 Å². The molecule has 1 fully saturated rings. The number of allylic oxidation sites excluding steroid dienone is 1. The Morgan fingerprint density at radius 1 is 1.39 bits per heavy atom. The summed E-state index contributed by atoms with van der Waals surface area (Å²) in [4.78, 5) is 14.8. The Balaban J connectivity index is 1.69. The molecule has 1 saturated heterocycles. The zero-order chi connectivity index (χ0) is 19.7. The third-order valence-electron chi connectivity index (χ3n) is 4.86. The molecule has 0 aliphatic carbocycles. The van der Waals surface area contributed by atoms with E-state index in [0.29, 0.717) is 31.2 Å². The monoisotopic (exact) mass is 404 g/mol. The molecule has 2 aliphatic rings. The smallest absolute Gasteiger partial charge is 0.414 e. The highest BCUT2D eigenvalue weighted by Crippen LogP contribution is 2.38. The number of hydrogen-bond acceptors (Lipinski definition) is 6. The largest absolute Gasteiger partial charge is 0.486 e. The maximum atomic E-state index is 13.9. The van der Waals surface area contributed by atoms with E-state index in [1.165, 1.54) is 19.2 Å². The van der Waals surface area contributed by atoms with Gasteiger partial charge in [0, 0.05) is 28.6 Å². The van der Waals surface area contributed by atoms with Crippen LogP contribution in [0.2, 0.25) is 0 Å². The summed E-state index contributed by atoms with van der Waals surface area (Å²) in [6, 6.07) is 6.40. The van der Waals surface area contributed by atoms with Crippen molar-refractivity contribution in [3.8, 4) is 5.75 Å². The number of hydrogen-bond donors (Lipinski definition) is 1. The van der Waals surface area contributed by atoms with Crippen LogP contribution >= 0.6 is 11.3 Å². The van der Waals surface area contributed by atoms with E-state index in [1.807, 2.05) is 18.4 Å². The summed E-state index contributed by atoms with van der Waals surface area (Å²) in [5, 5.41) is 5.34. The number of nitrogens with one attached hydrogen (secondary N) is 1. The number of halogens is 1. The lowest BCUT2D eigenvalue weighted by molar-refractivity contribution is 0.133. The average Bonchev–Trinajstić information content (AvgIpc) is 3.36. The number of fused-ring (bicyclic) bond motifs is 1. The first-order valence-electron chi connectivity index (χ1n) is 9.01. The van der Waals surface area contributed by atoms with Crippen LogP contribution in [0, 0.1) is 5.82 Å². The van der Waals surface area contributed by atoms with E-state index in [9.17, 15) is 9.18 Å². The first-order valence-corrected chi connectivity index (χ1v) is 9.89. The highest BCUT2D eigenvalue weighted by Gasteiger charge is 2.29.